The van der Waals surface area contributed by atoms with E-state index in [1.165, 1.54) is 6.08 Å². The molecule has 12 heavy (non-hydrogen) atoms. The van der Waals surface area contributed by atoms with Crippen LogP contribution >= 0.6 is 0 Å². The molecule has 0 saturated carbocycles. The Balaban J connectivity index is 3.27. The van der Waals surface area contributed by atoms with Crippen LogP contribution in [0.4, 0.5) is 0 Å². The highest BCUT2D eigenvalue weighted by molar-refractivity contribution is 5.81. The molecule has 0 aromatic heterocycles. The van der Waals surface area contributed by atoms with Crippen molar-refractivity contribution >= 4 is 5.97 Å². The maximum atomic E-state index is 10.5. The number of esters is 1. The quantitative estimate of drug-likeness (QED) is 0.271. The third-order valence-electron chi connectivity index (χ3n) is 1.19. The van der Waals surface area contributed by atoms with E-state index in [1.807, 2.05) is 19.1 Å². The Morgan fingerprint density at radius 3 is 3.00 bits per heavy atom. The van der Waals surface area contributed by atoms with Crippen LogP contribution in [0.25, 0.3) is 0 Å². The summed E-state index contributed by atoms with van der Waals surface area (Å²) in [7, 11) is 0. The Morgan fingerprint density at radius 2 is 2.42 bits per heavy atom. The minimum atomic E-state index is -0.356. The Morgan fingerprint density at radius 1 is 1.67 bits per heavy atom. The highest BCUT2D eigenvalue weighted by Crippen LogP contribution is 1.91. The first-order valence-corrected chi connectivity index (χ1v) is 3.96. The molecule has 2 heteroatoms. The largest absolute Gasteiger partial charge is 0.463 e. The minimum absolute atomic E-state index is 0.356. The number of carbonyl (C=O) groups is 1. The fraction of sp³-hybridized carbons (Fsp3) is 0.400. The molecule has 0 atom stereocenters. The van der Waals surface area contributed by atoms with Gasteiger partial charge in [-0.25, -0.2) is 4.79 Å². The van der Waals surface area contributed by atoms with E-state index in [0.717, 1.165) is 12.8 Å². The first-order valence-electron chi connectivity index (χ1n) is 3.96. The van der Waals surface area contributed by atoms with Gasteiger partial charge >= 0.3 is 5.97 Å². The van der Waals surface area contributed by atoms with Gasteiger partial charge in [0.25, 0.3) is 0 Å². The molecule has 66 valence electrons. The lowest BCUT2D eigenvalue weighted by molar-refractivity contribution is -0.137. The summed E-state index contributed by atoms with van der Waals surface area (Å²) < 4.78 is 4.76. The molecular weight excluding hydrogens is 152 g/mol. The number of allylic oxidation sites excluding steroid dienone is 1. The number of rotatable bonds is 5. The van der Waals surface area contributed by atoms with E-state index in [1.54, 1.807) is 0 Å². The number of hydrogen-bond acceptors (Lipinski definition) is 2. The van der Waals surface area contributed by atoms with E-state index in [-0.39, 0.29) is 5.97 Å². The molecule has 0 aromatic carbocycles. The molecule has 0 amide bonds. The van der Waals surface area contributed by atoms with Crippen LogP contribution in [-0.2, 0) is 9.53 Å². The predicted molar refractivity (Wildman–Crippen MR) is 48.7 cm³/mol. The average Bonchev–Trinajstić information content (AvgIpc) is 2.10. The monoisotopic (exact) mass is 166 g/mol. The smallest absolute Gasteiger partial charge is 0.330 e. The average molecular weight is 166 g/mol. The van der Waals surface area contributed by atoms with E-state index < -0.39 is 0 Å². The summed E-state index contributed by atoms with van der Waals surface area (Å²) in [6, 6.07) is 0. The molecule has 0 heterocycles. The molecule has 2 nitrogen and oxygen atoms in total. The third kappa shape index (κ3) is 6.84. The van der Waals surface area contributed by atoms with Gasteiger partial charge in [0.15, 0.2) is 0 Å². The highest BCUT2D eigenvalue weighted by atomic mass is 16.5. The molecule has 0 spiro atoms. The van der Waals surface area contributed by atoms with Crippen LogP contribution in [-0.4, -0.2) is 12.6 Å². The van der Waals surface area contributed by atoms with Gasteiger partial charge in [-0.1, -0.05) is 6.58 Å². The van der Waals surface area contributed by atoms with Gasteiger partial charge in [0.2, 0.25) is 0 Å². The second-order valence-corrected chi connectivity index (χ2v) is 2.17. The topological polar surface area (TPSA) is 26.3 Å². The molecule has 0 unspecified atom stereocenters. The third-order valence-corrected chi connectivity index (χ3v) is 1.19. The minimum Gasteiger partial charge on any atom is -0.463 e. The summed E-state index contributed by atoms with van der Waals surface area (Å²) in [5, 5.41) is 0. The molecule has 0 saturated heterocycles. The zero-order valence-electron chi connectivity index (χ0n) is 7.38. The van der Waals surface area contributed by atoms with Crippen molar-refractivity contribution in [2.24, 2.45) is 0 Å². The van der Waals surface area contributed by atoms with E-state index >= 15 is 0 Å². The van der Waals surface area contributed by atoms with Crippen LogP contribution in [0.1, 0.15) is 19.8 Å². The molecule has 0 aliphatic carbocycles. The molecule has 0 rings (SSSR count). The maximum Gasteiger partial charge on any atom is 0.330 e. The van der Waals surface area contributed by atoms with Crippen LogP contribution in [0.2, 0.25) is 0 Å². The van der Waals surface area contributed by atoms with Crippen molar-refractivity contribution in [1.82, 2.24) is 0 Å². The van der Waals surface area contributed by atoms with Gasteiger partial charge in [0.05, 0.1) is 6.61 Å². The van der Waals surface area contributed by atoms with Gasteiger partial charge in [-0.05, 0) is 31.9 Å². The van der Waals surface area contributed by atoms with Crippen molar-refractivity contribution in [3.63, 3.8) is 0 Å². The van der Waals surface area contributed by atoms with Crippen molar-refractivity contribution in [2.75, 3.05) is 6.61 Å². The fourth-order valence-electron chi connectivity index (χ4n) is 0.618. The van der Waals surface area contributed by atoms with Crippen LogP contribution < -0.4 is 0 Å². The van der Waals surface area contributed by atoms with Crippen molar-refractivity contribution < 1.29 is 9.53 Å². The van der Waals surface area contributed by atoms with Crippen LogP contribution in [0.3, 0.4) is 0 Å². The highest BCUT2D eigenvalue weighted by Gasteiger charge is 1.92. The van der Waals surface area contributed by atoms with E-state index in [9.17, 15) is 4.79 Å². The van der Waals surface area contributed by atoms with Crippen LogP contribution in [0, 0.1) is 0 Å². The van der Waals surface area contributed by atoms with Gasteiger partial charge in [-0.15, -0.1) is 5.73 Å². The number of ether oxygens (including phenoxy) is 1. The van der Waals surface area contributed by atoms with E-state index in [4.69, 9.17) is 4.74 Å². The molecule has 0 aromatic rings. The molecule has 0 bridgehead atoms. The van der Waals surface area contributed by atoms with Gasteiger partial charge < -0.3 is 4.74 Å². The molecule has 0 radical (unpaired) electrons. The summed E-state index contributed by atoms with van der Waals surface area (Å²) in [5.74, 6) is -0.356. The predicted octanol–water partition coefficient (Wildman–Crippen LogP) is 2.23. The molecule has 0 N–H and O–H groups in total. The van der Waals surface area contributed by atoms with Gasteiger partial charge in [0.1, 0.15) is 0 Å². The normalized spacial score (nSPS) is 8.08. The number of hydrogen-bond donors (Lipinski definition) is 0. The molecule has 0 aliphatic heterocycles. The lowest BCUT2D eigenvalue weighted by Crippen LogP contribution is -2.00. The summed E-state index contributed by atoms with van der Waals surface area (Å²) >= 11 is 0. The lowest BCUT2D eigenvalue weighted by Gasteiger charge is -1.97. The molecular formula is C10H14O2. The van der Waals surface area contributed by atoms with Crippen molar-refractivity contribution in [1.29, 1.82) is 0 Å². The second kappa shape index (κ2) is 7.83. The number of carbonyl (C=O) groups excluding carboxylic acids is 1. The SMILES string of the molecule is C=CC(=O)OCCCC=C=CC. The van der Waals surface area contributed by atoms with Crippen molar-refractivity contribution in [3.05, 3.63) is 30.5 Å². The lowest BCUT2D eigenvalue weighted by atomic mass is 10.3. The fourth-order valence-corrected chi connectivity index (χ4v) is 0.618. The zero-order chi connectivity index (χ0) is 9.23. The standard InChI is InChI=1S/C10H14O2/c1-3-5-6-7-8-9-12-10(11)4-2/h3-4,6H,2,7-9H2,1H3. The number of unbranched alkanes of at least 4 members (excludes halogenated alkanes) is 1. The summed E-state index contributed by atoms with van der Waals surface area (Å²) in [6.45, 7) is 5.65. The summed E-state index contributed by atoms with van der Waals surface area (Å²) in [5.41, 5.74) is 2.94. The first kappa shape index (κ1) is 10.7. The summed E-state index contributed by atoms with van der Waals surface area (Å²) in [6.07, 6.45) is 6.65. The Hall–Kier alpha value is -1.27. The second-order valence-electron chi connectivity index (χ2n) is 2.17. The van der Waals surface area contributed by atoms with Crippen molar-refractivity contribution in [3.8, 4) is 0 Å². The van der Waals surface area contributed by atoms with E-state index in [0.29, 0.717) is 6.61 Å². The first-order chi connectivity index (χ1) is 5.81. The van der Waals surface area contributed by atoms with Crippen LogP contribution in [0.5, 0.6) is 0 Å². The Kier molecular flexibility index (Phi) is 7.00. The van der Waals surface area contributed by atoms with Crippen molar-refractivity contribution in [2.45, 2.75) is 19.8 Å². The molecule has 0 aliphatic rings. The Bertz CT molecular complexity index is 198. The zero-order valence-corrected chi connectivity index (χ0v) is 7.38. The maximum absolute atomic E-state index is 10.5. The van der Waals surface area contributed by atoms with E-state index in [2.05, 4.69) is 12.3 Å². The Labute approximate surface area is 73.2 Å². The summed E-state index contributed by atoms with van der Waals surface area (Å²) in [4.78, 5) is 10.5. The van der Waals surface area contributed by atoms with Gasteiger partial charge in [0, 0.05) is 6.08 Å². The van der Waals surface area contributed by atoms with Gasteiger partial charge in [-0.2, -0.15) is 0 Å². The molecule has 0 fully saturated rings. The van der Waals surface area contributed by atoms with Gasteiger partial charge in [-0.3, -0.25) is 0 Å². The van der Waals surface area contributed by atoms with Crippen LogP contribution in [0.15, 0.2) is 30.5 Å².